The zero-order valence-electron chi connectivity index (χ0n) is 12.9. The van der Waals surface area contributed by atoms with Crippen molar-refractivity contribution in [2.75, 3.05) is 6.54 Å². The maximum absolute atomic E-state index is 12.2. The molecule has 2 N–H and O–H groups in total. The Kier molecular flexibility index (Phi) is 5.67. The van der Waals surface area contributed by atoms with Crippen molar-refractivity contribution in [1.82, 2.24) is 4.72 Å². The summed E-state index contributed by atoms with van der Waals surface area (Å²) in [4.78, 5) is 11.3. The average Bonchev–Trinajstić information content (AvgIpc) is 2.35. The summed E-state index contributed by atoms with van der Waals surface area (Å²) in [5.74, 6) is 0.0596. The molecule has 0 aliphatic carbocycles. The van der Waals surface area contributed by atoms with Crippen LogP contribution in [0.1, 0.15) is 44.5 Å². The molecule has 118 valence electrons. The van der Waals surface area contributed by atoms with Crippen LogP contribution in [0.5, 0.6) is 0 Å². The largest absolute Gasteiger partial charge is 0.389 e. The summed E-state index contributed by atoms with van der Waals surface area (Å²) >= 11 is 0. The topological polar surface area (TPSA) is 83.5 Å². The summed E-state index contributed by atoms with van der Waals surface area (Å²) in [5.41, 5.74) is -0.772. The third kappa shape index (κ3) is 5.57. The predicted octanol–water partition coefficient (Wildman–Crippen LogP) is 1.96. The fourth-order valence-corrected chi connectivity index (χ4v) is 3.38. The number of nitrogens with one attached hydrogen (secondary N) is 1. The molecule has 1 unspecified atom stereocenters. The molecule has 0 amide bonds. The van der Waals surface area contributed by atoms with Crippen LogP contribution in [0.25, 0.3) is 0 Å². The van der Waals surface area contributed by atoms with Gasteiger partial charge in [-0.3, -0.25) is 4.79 Å². The van der Waals surface area contributed by atoms with Crippen molar-refractivity contribution >= 4 is 15.8 Å². The lowest BCUT2D eigenvalue weighted by Gasteiger charge is -2.25. The van der Waals surface area contributed by atoms with Crippen molar-refractivity contribution in [3.8, 4) is 0 Å². The lowest BCUT2D eigenvalue weighted by molar-refractivity contribution is 0.0436. The molecule has 0 spiro atoms. The maximum Gasteiger partial charge on any atom is 0.240 e. The third-order valence-corrected chi connectivity index (χ3v) is 4.44. The monoisotopic (exact) mass is 313 g/mol. The van der Waals surface area contributed by atoms with Crippen molar-refractivity contribution in [3.63, 3.8) is 0 Å². The first kappa shape index (κ1) is 17.8. The van der Waals surface area contributed by atoms with E-state index in [9.17, 15) is 18.3 Å². The molecule has 21 heavy (non-hydrogen) atoms. The number of Topliss-reactive ketones (excluding diaryl/α,β-unsaturated/α-hetero) is 1. The normalized spacial score (nSPS) is 15.0. The number of rotatable bonds is 7. The van der Waals surface area contributed by atoms with Crippen LogP contribution in [0.2, 0.25) is 0 Å². The first-order chi connectivity index (χ1) is 9.53. The van der Waals surface area contributed by atoms with E-state index in [2.05, 4.69) is 4.72 Å². The van der Waals surface area contributed by atoms with E-state index in [1.165, 1.54) is 25.1 Å². The Hall–Kier alpha value is -1.24. The average molecular weight is 313 g/mol. The van der Waals surface area contributed by atoms with Gasteiger partial charge in [0.2, 0.25) is 10.0 Å². The van der Waals surface area contributed by atoms with Crippen molar-refractivity contribution in [2.24, 2.45) is 5.92 Å². The lowest BCUT2D eigenvalue weighted by Crippen LogP contribution is -2.41. The Bertz CT molecular complexity index is 606. The molecule has 1 aromatic rings. The minimum absolute atomic E-state index is 0.0237. The highest BCUT2D eigenvalue weighted by Crippen LogP contribution is 2.17. The van der Waals surface area contributed by atoms with Crippen LogP contribution in [-0.4, -0.2) is 31.5 Å². The highest BCUT2D eigenvalue weighted by molar-refractivity contribution is 7.89. The van der Waals surface area contributed by atoms with Gasteiger partial charge in [0.15, 0.2) is 5.78 Å². The summed E-state index contributed by atoms with van der Waals surface area (Å²) in [5, 5.41) is 10.2. The number of benzene rings is 1. The van der Waals surface area contributed by atoms with Crippen molar-refractivity contribution in [3.05, 3.63) is 29.8 Å². The molecule has 0 radical (unpaired) electrons. The smallest absolute Gasteiger partial charge is 0.240 e. The van der Waals surface area contributed by atoms with Crippen molar-refractivity contribution in [2.45, 2.75) is 44.6 Å². The lowest BCUT2D eigenvalue weighted by atomic mass is 9.95. The molecule has 0 fully saturated rings. The Morgan fingerprint density at radius 3 is 2.52 bits per heavy atom. The van der Waals surface area contributed by atoms with Crippen LogP contribution in [0.3, 0.4) is 0 Å². The van der Waals surface area contributed by atoms with Gasteiger partial charge in [-0.1, -0.05) is 26.0 Å². The zero-order chi connectivity index (χ0) is 16.3. The molecule has 0 saturated heterocycles. The Labute approximate surface area is 126 Å². The number of sulfonamides is 1. The fourth-order valence-electron chi connectivity index (χ4n) is 2.17. The zero-order valence-corrected chi connectivity index (χ0v) is 13.7. The Morgan fingerprint density at radius 1 is 1.38 bits per heavy atom. The van der Waals surface area contributed by atoms with E-state index in [-0.39, 0.29) is 23.1 Å². The van der Waals surface area contributed by atoms with Crippen LogP contribution in [0, 0.1) is 5.92 Å². The van der Waals surface area contributed by atoms with Crippen LogP contribution < -0.4 is 4.72 Å². The molecule has 1 rings (SSSR count). The van der Waals surface area contributed by atoms with E-state index in [4.69, 9.17) is 0 Å². The van der Waals surface area contributed by atoms with Gasteiger partial charge in [-0.05, 0) is 38.3 Å². The van der Waals surface area contributed by atoms with E-state index in [0.717, 1.165) is 0 Å². The van der Waals surface area contributed by atoms with E-state index < -0.39 is 15.6 Å². The maximum atomic E-state index is 12.2. The molecule has 0 bridgehead atoms. The van der Waals surface area contributed by atoms with Gasteiger partial charge in [0.05, 0.1) is 10.5 Å². The summed E-state index contributed by atoms with van der Waals surface area (Å²) in [6, 6.07) is 5.85. The van der Waals surface area contributed by atoms with Gasteiger partial charge in [-0.15, -0.1) is 0 Å². The molecule has 0 heterocycles. The summed E-state index contributed by atoms with van der Waals surface area (Å²) in [7, 11) is -3.75. The number of hydrogen-bond donors (Lipinski definition) is 2. The fraction of sp³-hybridized carbons (Fsp3) is 0.533. The second-order valence-electron chi connectivity index (χ2n) is 6.00. The number of aliphatic hydroxyl groups is 1. The Morgan fingerprint density at radius 2 is 2.00 bits per heavy atom. The molecular weight excluding hydrogens is 290 g/mol. The van der Waals surface area contributed by atoms with Crippen LogP contribution >= 0.6 is 0 Å². The number of carbonyl (C=O) groups excluding carboxylic acids is 1. The van der Waals surface area contributed by atoms with E-state index in [1.807, 2.05) is 13.8 Å². The SMILES string of the molecule is CC(=O)c1cccc(S(=O)(=O)NCC(C)(O)CC(C)C)c1. The number of carbonyl (C=O) groups is 1. The molecule has 0 saturated carbocycles. The van der Waals surface area contributed by atoms with Gasteiger partial charge in [0.1, 0.15) is 0 Å². The van der Waals surface area contributed by atoms with Crippen LogP contribution in [-0.2, 0) is 10.0 Å². The highest BCUT2D eigenvalue weighted by atomic mass is 32.2. The van der Waals surface area contributed by atoms with Crippen LogP contribution in [0.15, 0.2) is 29.2 Å². The summed E-state index contributed by atoms with van der Waals surface area (Å²) < 4.78 is 26.8. The second kappa shape index (κ2) is 6.68. The minimum Gasteiger partial charge on any atom is -0.389 e. The second-order valence-corrected chi connectivity index (χ2v) is 7.77. The van der Waals surface area contributed by atoms with Gasteiger partial charge in [0, 0.05) is 12.1 Å². The van der Waals surface area contributed by atoms with Crippen molar-refractivity contribution < 1.29 is 18.3 Å². The molecule has 6 heteroatoms. The molecule has 0 aromatic heterocycles. The van der Waals surface area contributed by atoms with Gasteiger partial charge >= 0.3 is 0 Å². The quantitative estimate of drug-likeness (QED) is 0.754. The van der Waals surface area contributed by atoms with Gasteiger partial charge in [-0.2, -0.15) is 0 Å². The molecule has 5 nitrogen and oxygen atoms in total. The van der Waals surface area contributed by atoms with Gasteiger partial charge in [0.25, 0.3) is 0 Å². The van der Waals surface area contributed by atoms with Gasteiger partial charge < -0.3 is 5.11 Å². The molecule has 0 aliphatic rings. The molecular formula is C15H23NO4S. The standard InChI is InChI=1S/C15H23NO4S/c1-11(2)9-15(4,18)10-16-21(19,20)14-7-5-6-13(8-14)12(3)17/h5-8,11,16,18H,9-10H2,1-4H3. The van der Waals surface area contributed by atoms with E-state index in [0.29, 0.717) is 12.0 Å². The van der Waals surface area contributed by atoms with Crippen LogP contribution in [0.4, 0.5) is 0 Å². The van der Waals surface area contributed by atoms with E-state index in [1.54, 1.807) is 13.0 Å². The Balaban J connectivity index is 2.87. The minimum atomic E-state index is -3.75. The molecule has 1 atom stereocenters. The third-order valence-electron chi connectivity index (χ3n) is 3.04. The van der Waals surface area contributed by atoms with E-state index >= 15 is 0 Å². The number of hydrogen-bond acceptors (Lipinski definition) is 4. The summed E-state index contributed by atoms with van der Waals surface area (Å²) in [6.07, 6.45) is 0.489. The molecule has 0 aliphatic heterocycles. The number of ketones is 1. The predicted molar refractivity (Wildman–Crippen MR) is 81.7 cm³/mol. The first-order valence-corrected chi connectivity index (χ1v) is 8.35. The highest BCUT2D eigenvalue weighted by Gasteiger charge is 2.25. The van der Waals surface area contributed by atoms with Crippen molar-refractivity contribution in [1.29, 1.82) is 0 Å². The summed E-state index contributed by atoms with van der Waals surface area (Å²) in [6.45, 7) is 6.82. The molecule has 1 aromatic carbocycles. The van der Waals surface area contributed by atoms with Gasteiger partial charge in [-0.25, -0.2) is 13.1 Å². The first-order valence-electron chi connectivity index (χ1n) is 6.86.